The summed E-state index contributed by atoms with van der Waals surface area (Å²) >= 11 is 0. The first-order valence-corrected chi connectivity index (χ1v) is 7.96. The van der Waals surface area contributed by atoms with Crippen molar-refractivity contribution in [2.24, 2.45) is 11.7 Å². The maximum absolute atomic E-state index is 14.3. The topological polar surface area (TPSA) is 64.3 Å². The Morgan fingerprint density at radius 3 is 2.86 bits per heavy atom. The van der Waals surface area contributed by atoms with E-state index in [-0.39, 0.29) is 29.7 Å². The van der Waals surface area contributed by atoms with Crippen molar-refractivity contribution in [3.8, 4) is 5.75 Å². The van der Waals surface area contributed by atoms with Gasteiger partial charge in [-0.3, -0.25) is 4.79 Å². The fourth-order valence-electron chi connectivity index (χ4n) is 2.66. The van der Waals surface area contributed by atoms with Crippen LogP contribution < -0.4 is 15.8 Å². The number of amides is 1. The number of hydrogen-bond acceptors (Lipinski definition) is 3. The Morgan fingerprint density at radius 2 is 2.23 bits per heavy atom. The molecule has 1 aliphatic rings. The summed E-state index contributed by atoms with van der Waals surface area (Å²) in [6, 6.07) is 2.91. The molecule has 122 valence electrons. The largest absolute Gasteiger partial charge is 0.490 e. The van der Waals surface area contributed by atoms with Crippen LogP contribution in [0, 0.1) is 11.7 Å². The Bertz CT molecular complexity index is 546. The van der Waals surface area contributed by atoms with Gasteiger partial charge in [0.1, 0.15) is 0 Å². The SMILES string of the molecule is CCCC(N)c1cc(F)c2c(c1)C(NC(=O)C(C)C)CCO2. The van der Waals surface area contributed by atoms with Gasteiger partial charge in [-0.2, -0.15) is 0 Å². The fourth-order valence-corrected chi connectivity index (χ4v) is 2.66. The second kappa shape index (κ2) is 7.09. The molecule has 0 saturated carbocycles. The van der Waals surface area contributed by atoms with E-state index < -0.39 is 5.82 Å². The molecule has 0 bridgehead atoms. The van der Waals surface area contributed by atoms with Crippen molar-refractivity contribution in [1.29, 1.82) is 0 Å². The van der Waals surface area contributed by atoms with E-state index in [0.717, 1.165) is 18.4 Å². The molecule has 0 aromatic heterocycles. The van der Waals surface area contributed by atoms with E-state index in [4.69, 9.17) is 10.5 Å². The van der Waals surface area contributed by atoms with Gasteiger partial charge >= 0.3 is 0 Å². The van der Waals surface area contributed by atoms with Crippen LogP contribution in [0.15, 0.2) is 12.1 Å². The number of rotatable bonds is 5. The smallest absolute Gasteiger partial charge is 0.223 e. The second-order valence-electron chi connectivity index (χ2n) is 6.17. The Balaban J connectivity index is 2.33. The van der Waals surface area contributed by atoms with Gasteiger partial charge in [-0.15, -0.1) is 0 Å². The molecule has 4 nitrogen and oxygen atoms in total. The third kappa shape index (κ3) is 3.58. The van der Waals surface area contributed by atoms with Crippen molar-refractivity contribution in [2.75, 3.05) is 6.61 Å². The number of ether oxygens (including phenoxy) is 1. The Morgan fingerprint density at radius 1 is 1.50 bits per heavy atom. The van der Waals surface area contributed by atoms with Gasteiger partial charge in [0, 0.05) is 23.9 Å². The molecule has 0 radical (unpaired) electrons. The fraction of sp³-hybridized carbons (Fsp3) is 0.588. The minimum absolute atomic E-state index is 0.0403. The average molecular weight is 308 g/mol. The zero-order chi connectivity index (χ0) is 16.3. The first-order chi connectivity index (χ1) is 10.4. The summed E-state index contributed by atoms with van der Waals surface area (Å²) in [5.74, 6) is -0.307. The van der Waals surface area contributed by atoms with Crippen molar-refractivity contribution in [2.45, 2.75) is 52.1 Å². The lowest BCUT2D eigenvalue weighted by Gasteiger charge is -2.29. The van der Waals surface area contributed by atoms with Crippen LogP contribution in [0.2, 0.25) is 0 Å². The lowest BCUT2D eigenvalue weighted by atomic mass is 9.94. The van der Waals surface area contributed by atoms with Gasteiger partial charge in [-0.05, 0) is 24.1 Å². The van der Waals surface area contributed by atoms with Crippen LogP contribution in [0.3, 0.4) is 0 Å². The molecule has 1 aromatic rings. The molecule has 2 rings (SSSR count). The highest BCUT2D eigenvalue weighted by atomic mass is 19.1. The molecule has 0 aliphatic carbocycles. The summed E-state index contributed by atoms with van der Waals surface area (Å²) < 4.78 is 19.8. The number of hydrogen-bond donors (Lipinski definition) is 2. The molecule has 0 fully saturated rings. The molecular formula is C17H25FN2O2. The van der Waals surface area contributed by atoms with Crippen molar-refractivity contribution >= 4 is 5.91 Å². The third-order valence-electron chi connectivity index (χ3n) is 3.99. The van der Waals surface area contributed by atoms with E-state index in [0.29, 0.717) is 18.6 Å². The van der Waals surface area contributed by atoms with Crippen LogP contribution in [0.25, 0.3) is 0 Å². The molecule has 22 heavy (non-hydrogen) atoms. The van der Waals surface area contributed by atoms with Gasteiger partial charge in [0.15, 0.2) is 11.6 Å². The maximum Gasteiger partial charge on any atom is 0.223 e. The number of nitrogens with two attached hydrogens (primary N) is 1. The number of halogens is 1. The molecule has 0 saturated heterocycles. The zero-order valence-corrected chi connectivity index (χ0v) is 13.5. The molecule has 5 heteroatoms. The molecule has 0 spiro atoms. The van der Waals surface area contributed by atoms with Crippen LogP contribution in [0.4, 0.5) is 4.39 Å². The quantitative estimate of drug-likeness (QED) is 0.878. The summed E-state index contributed by atoms with van der Waals surface area (Å²) in [6.45, 7) is 6.12. The molecule has 1 aliphatic heterocycles. The van der Waals surface area contributed by atoms with Crippen LogP contribution in [-0.2, 0) is 4.79 Å². The molecule has 1 heterocycles. The van der Waals surface area contributed by atoms with Crippen molar-refractivity contribution < 1.29 is 13.9 Å². The van der Waals surface area contributed by atoms with Gasteiger partial charge < -0.3 is 15.8 Å². The Labute approximate surface area is 131 Å². The van der Waals surface area contributed by atoms with E-state index in [1.165, 1.54) is 6.07 Å². The number of benzene rings is 1. The summed E-state index contributed by atoms with van der Waals surface area (Å²) in [5.41, 5.74) is 7.56. The third-order valence-corrected chi connectivity index (χ3v) is 3.99. The minimum Gasteiger partial charge on any atom is -0.490 e. The number of carbonyl (C=O) groups is 1. The summed E-state index contributed by atoms with van der Waals surface area (Å²) in [5, 5.41) is 2.97. The highest BCUT2D eigenvalue weighted by molar-refractivity contribution is 5.78. The molecule has 1 aromatic carbocycles. The van der Waals surface area contributed by atoms with E-state index in [2.05, 4.69) is 5.32 Å². The van der Waals surface area contributed by atoms with Crippen molar-refractivity contribution in [3.63, 3.8) is 0 Å². The van der Waals surface area contributed by atoms with Crippen LogP contribution in [0.5, 0.6) is 5.75 Å². The van der Waals surface area contributed by atoms with Crippen LogP contribution >= 0.6 is 0 Å². The van der Waals surface area contributed by atoms with Crippen LogP contribution in [0.1, 0.15) is 63.2 Å². The standard InChI is InChI=1S/C17H25FN2O2/c1-4-5-14(19)11-8-12-15(20-17(21)10(2)3)6-7-22-16(12)13(18)9-11/h8-10,14-15H,4-7,19H2,1-3H3,(H,20,21). The minimum atomic E-state index is -0.400. The maximum atomic E-state index is 14.3. The van der Waals surface area contributed by atoms with Crippen LogP contribution in [-0.4, -0.2) is 12.5 Å². The monoisotopic (exact) mass is 308 g/mol. The lowest BCUT2D eigenvalue weighted by Crippen LogP contribution is -2.35. The summed E-state index contributed by atoms with van der Waals surface area (Å²) in [7, 11) is 0. The number of nitrogens with one attached hydrogen (secondary N) is 1. The summed E-state index contributed by atoms with van der Waals surface area (Å²) in [4.78, 5) is 12.0. The Kier molecular flexibility index (Phi) is 5.40. The van der Waals surface area contributed by atoms with E-state index in [1.807, 2.05) is 26.8 Å². The molecule has 3 N–H and O–H groups in total. The highest BCUT2D eigenvalue weighted by Crippen LogP contribution is 2.37. The van der Waals surface area contributed by atoms with Gasteiger partial charge in [0.2, 0.25) is 5.91 Å². The lowest BCUT2D eigenvalue weighted by molar-refractivity contribution is -0.124. The molecule has 1 amide bonds. The molecule has 2 unspecified atom stereocenters. The first kappa shape index (κ1) is 16.7. The average Bonchev–Trinajstić information content (AvgIpc) is 2.48. The number of fused-ring (bicyclic) bond motifs is 1. The van der Waals surface area contributed by atoms with E-state index >= 15 is 0 Å². The summed E-state index contributed by atoms with van der Waals surface area (Å²) in [6.07, 6.45) is 2.36. The van der Waals surface area contributed by atoms with E-state index in [9.17, 15) is 9.18 Å². The predicted octanol–water partition coefficient (Wildman–Crippen LogP) is 3.22. The van der Waals surface area contributed by atoms with E-state index in [1.54, 1.807) is 0 Å². The molecule has 2 atom stereocenters. The highest BCUT2D eigenvalue weighted by Gasteiger charge is 2.27. The van der Waals surface area contributed by atoms with Crippen molar-refractivity contribution in [1.82, 2.24) is 5.32 Å². The Hall–Kier alpha value is -1.62. The number of carbonyl (C=O) groups excluding carboxylic acids is 1. The first-order valence-electron chi connectivity index (χ1n) is 7.96. The molecular weight excluding hydrogens is 283 g/mol. The van der Waals surface area contributed by atoms with Gasteiger partial charge in [-0.1, -0.05) is 27.2 Å². The zero-order valence-electron chi connectivity index (χ0n) is 13.5. The second-order valence-corrected chi connectivity index (χ2v) is 6.17. The normalized spacial score (nSPS) is 18.5. The predicted molar refractivity (Wildman–Crippen MR) is 84.1 cm³/mol. The van der Waals surface area contributed by atoms with Gasteiger partial charge in [0.05, 0.1) is 12.6 Å². The van der Waals surface area contributed by atoms with Gasteiger partial charge in [0.25, 0.3) is 0 Å². The van der Waals surface area contributed by atoms with Crippen molar-refractivity contribution in [3.05, 3.63) is 29.1 Å². The van der Waals surface area contributed by atoms with Gasteiger partial charge in [-0.25, -0.2) is 4.39 Å².